The third kappa shape index (κ3) is 4.49. The van der Waals surface area contributed by atoms with Crippen LogP contribution in [0.5, 0.6) is 0 Å². The first-order valence-electron chi connectivity index (χ1n) is 10.9. The molecule has 1 N–H and O–H groups in total. The zero-order valence-corrected chi connectivity index (χ0v) is 20.8. The van der Waals surface area contributed by atoms with Gasteiger partial charge in [-0.3, -0.25) is 9.59 Å². The van der Waals surface area contributed by atoms with Gasteiger partial charge in [-0.15, -0.1) is 0 Å². The molecule has 0 saturated carbocycles. The number of amides is 2. The summed E-state index contributed by atoms with van der Waals surface area (Å²) in [7, 11) is 4.95. The SMILES string of the molecule is COOC(C)(c1ccccc1C(=O)O)N1C(=O)C(=Nc2ccc(N(C)C)cc2C)C(C)=C(C#N)C1=O. The number of rotatable bonds is 7. The molecule has 1 atom stereocenters. The van der Waals surface area contributed by atoms with Crippen LogP contribution in [0.25, 0.3) is 0 Å². The van der Waals surface area contributed by atoms with Crippen LogP contribution in [-0.2, 0) is 25.1 Å². The Morgan fingerprint density at radius 1 is 1.14 bits per heavy atom. The Labute approximate surface area is 208 Å². The maximum absolute atomic E-state index is 13.8. The van der Waals surface area contributed by atoms with Crippen molar-refractivity contribution >= 4 is 34.9 Å². The zero-order chi connectivity index (χ0) is 26.8. The lowest BCUT2D eigenvalue weighted by Gasteiger charge is -2.40. The van der Waals surface area contributed by atoms with Crippen LogP contribution in [-0.4, -0.2) is 54.7 Å². The molecule has 36 heavy (non-hydrogen) atoms. The third-order valence-electron chi connectivity index (χ3n) is 5.92. The molecule has 1 unspecified atom stereocenters. The van der Waals surface area contributed by atoms with Gasteiger partial charge in [-0.05, 0) is 50.6 Å². The van der Waals surface area contributed by atoms with E-state index in [9.17, 15) is 24.8 Å². The van der Waals surface area contributed by atoms with Crippen molar-refractivity contribution in [2.75, 3.05) is 26.1 Å². The first kappa shape index (κ1) is 26.3. The minimum Gasteiger partial charge on any atom is -0.478 e. The molecule has 10 nitrogen and oxygen atoms in total. The van der Waals surface area contributed by atoms with Gasteiger partial charge in [0, 0.05) is 30.9 Å². The van der Waals surface area contributed by atoms with E-state index in [4.69, 9.17) is 9.78 Å². The van der Waals surface area contributed by atoms with E-state index in [1.54, 1.807) is 6.07 Å². The van der Waals surface area contributed by atoms with Crippen LogP contribution in [0.3, 0.4) is 0 Å². The van der Waals surface area contributed by atoms with Crippen molar-refractivity contribution in [3.05, 3.63) is 70.3 Å². The number of carboxylic acid groups (broad SMARTS) is 1. The molecule has 0 radical (unpaired) electrons. The number of carbonyl (C=O) groups excluding carboxylic acids is 2. The van der Waals surface area contributed by atoms with Gasteiger partial charge in [0.05, 0.1) is 18.4 Å². The summed E-state index contributed by atoms with van der Waals surface area (Å²) in [6.07, 6.45) is 0. The molecule has 0 saturated heterocycles. The minimum absolute atomic E-state index is 0.0243. The van der Waals surface area contributed by atoms with Gasteiger partial charge >= 0.3 is 5.97 Å². The molecule has 10 heteroatoms. The van der Waals surface area contributed by atoms with Crippen molar-refractivity contribution in [3.63, 3.8) is 0 Å². The first-order chi connectivity index (χ1) is 17.0. The predicted octanol–water partition coefficient (Wildman–Crippen LogP) is 3.49. The number of aromatic carboxylic acids is 1. The molecule has 0 bridgehead atoms. The normalized spacial score (nSPS) is 16.7. The number of benzene rings is 2. The number of carboxylic acids is 1. The first-order valence-corrected chi connectivity index (χ1v) is 10.9. The van der Waals surface area contributed by atoms with Crippen molar-refractivity contribution in [1.29, 1.82) is 5.26 Å². The van der Waals surface area contributed by atoms with Crippen LogP contribution < -0.4 is 4.90 Å². The number of nitrogens with zero attached hydrogens (tertiary/aromatic N) is 4. The second-order valence-electron chi connectivity index (χ2n) is 8.47. The summed E-state index contributed by atoms with van der Waals surface area (Å²) in [4.78, 5) is 56.6. The van der Waals surface area contributed by atoms with E-state index >= 15 is 0 Å². The summed E-state index contributed by atoms with van der Waals surface area (Å²) in [5, 5.41) is 19.5. The fourth-order valence-corrected chi connectivity index (χ4v) is 4.00. The van der Waals surface area contributed by atoms with E-state index in [1.165, 1.54) is 38.1 Å². The highest BCUT2D eigenvalue weighted by molar-refractivity contribution is 6.51. The van der Waals surface area contributed by atoms with E-state index < -0.39 is 23.5 Å². The molecule has 186 valence electrons. The molecule has 1 heterocycles. The van der Waals surface area contributed by atoms with Crippen LogP contribution in [0.4, 0.5) is 11.4 Å². The average molecular weight is 491 g/mol. The van der Waals surface area contributed by atoms with E-state index in [1.807, 2.05) is 44.1 Å². The van der Waals surface area contributed by atoms with Crippen molar-refractivity contribution in [2.45, 2.75) is 26.5 Å². The maximum atomic E-state index is 13.8. The summed E-state index contributed by atoms with van der Waals surface area (Å²) in [5.74, 6) is -3.13. The van der Waals surface area contributed by atoms with Crippen LogP contribution in [0.1, 0.15) is 35.3 Å². The Balaban J connectivity index is 2.27. The van der Waals surface area contributed by atoms with Crippen LogP contribution in [0.15, 0.2) is 58.6 Å². The predicted molar refractivity (Wildman–Crippen MR) is 132 cm³/mol. The smallest absolute Gasteiger partial charge is 0.336 e. The van der Waals surface area contributed by atoms with Crippen molar-refractivity contribution in [2.24, 2.45) is 4.99 Å². The number of aryl methyl sites for hydroxylation is 1. The topological polar surface area (TPSA) is 133 Å². The second kappa shape index (κ2) is 10.1. The van der Waals surface area contributed by atoms with E-state index in [2.05, 4.69) is 4.99 Å². The molecule has 0 aromatic heterocycles. The number of anilines is 1. The van der Waals surface area contributed by atoms with Gasteiger partial charge in [0.15, 0.2) is 0 Å². The standard InChI is InChI=1S/C26H26N4O6/c1-15-13-17(29(4)5)11-12-21(15)28-22-16(2)19(14-27)23(31)30(24(22)32)26(3,36-35-6)20-10-8-7-9-18(20)25(33)34/h7-13H,1-6H3,(H,33,34). The molecule has 0 spiro atoms. The van der Waals surface area contributed by atoms with Gasteiger partial charge in [0.25, 0.3) is 11.8 Å². The summed E-state index contributed by atoms with van der Waals surface area (Å²) in [6.45, 7) is 4.61. The molecule has 3 rings (SSSR count). The lowest BCUT2D eigenvalue weighted by Crippen LogP contribution is -2.58. The Bertz CT molecular complexity index is 1350. The molecule has 2 amide bonds. The Kier molecular flexibility index (Phi) is 7.38. The van der Waals surface area contributed by atoms with Gasteiger partial charge < -0.3 is 10.0 Å². The van der Waals surface area contributed by atoms with E-state index in [0.29, 0.717) is 10.6 Å². The molecule has 1 aliphatic rings. The van der Waals surface area contributed by atoms with Gasteiger partial charge in [-0.1, -0.05) is 18.2 Å². The lowest BCUT2D eigenvalue weighted by molar-refractivity contribution is -0.373. The summed E-state index contributed by atoms with van der Waals surface area (Å²) in [5.41, 5.74) is -0.477. The highest BCUT2D eigenvalue weighted by atomic mass is 17.2. The number of aliphatic imine (C=N–C) groups is 1. The molecular weight excluding hydrogens is 464 g/mol. The lowest BCUT2D eigenvalue weighted by atomic mass is 9.91. The van der Waals surface area contributed by atoms with Crippen LogP contribution in [0.2, 0.25) is 0 Å². The summed E-state index contributed by atoms with van der Waals surface area (Å²) >= 11 is 0. The van der Waals surface area contributed by atoms with Gasteiger partial charge in [-0.2, -0.15) is 5.26 Å². The van der Waals surface area contributed by atoms with Crippen LogP contribution in [0, 0.1) is 18.3 Å². The number of nitriles is 1. The largest absolute Gasteiger partial charge is 0.478 e. The Morgan fingerprint density at radius 2 is 1.81 bits per heavy atom. The zero-order valence-electron chi connectivity index (χ0n) is 20.8. The summed E-state index contributed by atoms with van der Waals surface area (Å²) in [6, 6.07) is 13.0. The molecular formula is C26H26N4O6. The molecule has 0 aliphatic carbocycles. The molecule has 2 aromatic rings. The molecule has 1 aliphatic heterocycles. The molecule has 0 fully saturated rings. The number of hydrogen-bond acceptors (Lipinski definition) is 8. The average Bonchev–Trinajstić information content (AvgIpc) is 2.83. The van der Waals surface area contributed by atoms with Crippen molar-refractivity contribution < 1.29 is 29.3 Å². The Hall–Kier alpha value is -4.33. The highest BCUT2D eigenvalue weighted by Crippen LogP contribution is 2.37. The monoisotopic (exact) mass is 490 g/mol. The second-order valence-corrected chi connectivity index (χ2v) is 8.47. The van der Waals surface area contributed by atoms with Gasteiger partial charge in [0.1, 0.15) is 17.4 Å². The van der Waals surface area contributed by atoms with E-state index in [-0.39, 0.29) is 28.0 Å². The summed E-state index contributed by atoms with van der Waals surface area (Å²) < 4.78 is 0. The number of hydrogen-bond donors (Lipinski definition) is 1. The molecule has 2 aromatic carbocycles. The highest BCUT2D eigenvalue weighted by Gasteiger charge is 2.50. The van der Waals surface area contributed by atoms with Crippen LogP contribution >= 0.6 is 0 Å². The fraction of sp³-hybridized carbons (Fsp3) is 0.269. The van der Waals surface area contributed by atoms with Gasteiger partial charge in [0.2, 0.25) is 5.72 Å². The number of carbonyl (C=O) groups is 3. The number of imide groups is 1. The third-order valence-corrected chi connectivity index (χ3v) is 5.92. The van der Waals surface area contributed by atoms with Gasteiger partial charge in [-0.25, -0.2) is 24.5 Å². The van der Waals surface area contributed by atoms with Crippen molar-refractivity contribution in [1.82, 2.24) is 4.90 Å². The minimum atomic E-state index is -2.04. The van der Waals surface area contributed by atoms with E-state index in [0.717, 1.165) is 18.4 Å². The maximum Gasteiger partial charge on any atom is 0.336 e. The Morgan fingerprint density at radius 3 is 2.36 bits per heavy atom. The quantitative estimate of drug-likeness (QED) is 0.354. The fourth-order valence-electron chi connectivity index (χ4n) is 4.00. The van der Waals surface area contributed by atoms with Crippen molar-refractivity contribution in [3.8, 4) is 6.07 Å².